The number of nitrogens with one attached hydrogen (secondary N) is 2. The van der Waals surface area contributed by atoms with Crippen LogP contribution in [0.25, 0.3) is 0 Å². The minimum atomic E-state index is -0.390. The average molecular weight is 311 g/mol. The molecule has 0 saturated carbocycles. The Morgan fingerprint density at radius 1 is 1.29 bits per heavy atom. The van der Waals surface area contributed by atoms with E-state index in [1.54, 1.807) is 0 Å². The molecule has 1 aromatic carbocycles. The third kappa shape index (κ3) is 3.98. The highest BCUT2D eigenvalue weighted by Gasteiger charge is 2.37. The maximum absolute atomic E-state index is 12.9. The van der Waals surface area contributed by atoms with Gasteiger partial charge in [-0.3, -0.25) is 4.79 Å². The molecule has 0 aliphatic carbocycles. The fourth-order valence-corrected chi connectivity index (χ4v) is 3.17. The molecule has 1 heterocycles. The molecule has 2 N–H and O–H groups in total. The van der Waals surface area contributed by atoms with Gasteiger partial charge in [0.2, 0.25) is 5.91 Å². The number of halogens is 1. The molecule has 0 spiro atoms. The van der Waals surface area contributed by atoms with Crippen LogP contribution in [0.2, 0.25) is 0 Å². The normalized spacial score (nSPS) is 18.7. The highest BCUT2D eigenvalue weighted by atomic mass is 35.5. The lowest BCUT2D eigenvalue weighted by Gasteiger charge is -2.34. The first-order valence-corrected chi connectivity index (χ1v) is 7.80. The molecular weight excluding hydrogens is 284 g/mol. The number of piperidine rings is 1. The molecule has 2 rings (SSSR count). The molecule has 1 fully saturated rings. The molecule has 1 aliphatic rings. The van der Waals surface area contributed by atoms with E-state index in [2.05, 4.69) is 36.6 Å². The van der Waals surface area contributed by atoms with Crippen molar-refractivity contribution in [3.8, 4) is 0 Å². The molecule has 21 heavy (non-hydrogen) atoms. The van der Waals surface area contributed by atoms with Gasteiger partial charge in [-0.05, 0) is 37.8 Å². The standard InChI is InChI=1S/C17H26N2O.ClH/c1-3-17(4-2,14-9-6-5-7-10-14)16(20)19-15-11-8-12-18-13-15;/h5-7,9-10,15,18H,3-4,8,11-13H2,1-2H3,(H,19,20);1H/t15-;/m0./s1. The van der Waals surface area contributed by atoms with Crippen molar-refractivity contribution >= 4 is 18.3 Å². The fourth-order valence-electron chi connectivity index (χ4n) is 3.17. The van der Waals surface area contributed by atoms with Gasteiger partial charge in [-0.1, -0.05) is 44.2 Å². The van der Waals surface area contributed by atoms with Crippen LogP contribution in [-0.2, 0) is 10.2 Å². The van der Waals surface area contributed by atoms with Crippen molar-refractivity contribution < 1.29 is 4.79 Å². The molecule has 118 valence electrons. The van der Waals surface area contributed by atoms with Crippen molar-refractivity contribution in [3.05, 3.63) is 35.9 Å². The molecule has 1 aliphatic heterocycles. The summed E-state index contributed by atoms with van der Waals surface area (Å²) in [5, 5.41) is 6.61. The zero-order valence-electron chi connectivity index (χ0n) is 13.0. The monoisotopic (exact) mass is 310 g/mol. The lowest BCUT2D eigenvalue weighted by atomic mass is 9.75. The van der Waals surface area contributed by atoms with Crippen LogP contribution in [0.5, 0.6) is 0 Å². The minimum Gasteiger partial charge on any atom is -0.351 e. The van der Waals surface area contributed by atoms with Gasteiger partial charge in [0.15, 0.2) is 0 Å². The highest BCUT2D eigenvalue weighted by molar-refractivity contribution is 5.88. The first kappa shape index (κ1) is 18.0. The molecule has 1 saturated heterocycles. The Hall–Kier alpha value is -1.06. The predicted octanol–water partition coefficient (Wildman–Crippen LogP) is 3.03. The first-order valence-electron chi connectivity index (χ1n) is 7.80. The summed E-state index contributed by atoms with van der Waals surface area (Å²) >= 11 is 0. The third-order valence-corrected chi connectivity index (χ3v) is 4.60. The average Bonchev–Trinajstić information content (AvgIpc) is 2.51. The number of hydrogen-bond donors (Lipinski definition) is 2. The summed E-state index contributed by atoms with van der Waals surface area (Å²) in [4.78, 5) is 12.9. The zero-order valence-corrected chi connectivity index (χ0v) is 13.8. The summed E-state index contributed by atoms with van der Waals surface area (Å²) < 4.78 is 0. The number of amides is 1. The van der Waals surface area contributed by atoms with Gasteiger partial charge in [-0.15, -0.1) is 12.4 Å². The quantitative estimate of drug-likeness (QED) is 0.877. The summed E-state index contributed by atoms with van der Waals surface area (Å²) in [6, 6.07) is 10.5. The molecule has 0 bridgehead atoms. The molecule has 1 aromatic rings. The number of carbonyl (C=O) groups excluding carboxylic acids is 1. The summed E-state index contributed by atoms with van der Waals surface area (Å²) in [6.45, 7) is 6.17. The van der Waals surface area contributed by atoms with E-state index in [0.29, 0.717) is 0 Å². The Bertz CT molecular complexity index is 426. The third-order valence-electron chi connectivity index (χ3n) is 4.60. The Kier molecular flexibility index (Phi) is 7.20. The number of benzene rings is 1. The van der Waals surface area contributed by atoms with E-state index in [0.717, 1.165) is 44.3 Å². The van der Waals surface area contributed by atoms with Crippen LogP contribution in [-0.4, -0.2) is 25.0 Å². The van der Waals surface area contributed by atoms with Crippen LogP contribution >= 0.6 is 12.4 Å². The Labute approximate surface area is 134 Å². The van der Waals surface area contributed by atoms with Crippen LogP contribution in [0.4, 0.5) is 0 Å². The van der Waals surface area contributed by atoms with E-state index in [-0.39, 0.29) is 24.4 Å². The lowest BCUT2D eigenvalue weighted by molar-refractivity contribution is -0.128. The lowest BCUT2D eigenvalue weighted by Crippen LogP contribution is -2.52. The molecule has 0 unspecified atom stereocenters. The maximum Gasteiger partial charge on any atom is 0.230 e. The second-order valence-electron chi connectivity index (χ2n) is 5.67. The van der Waals surface area contributed by atoms with Crippen molar-refractivity contribution in [3.63, 3.8) is 0 Å². The summed E-state index contributed by atoms with van der Waals surface area (Å²) in [7, 11) is 0. The van der Waals surface area contributed by atoms with Crippen molar-refractivity contribution in [2.75, 3.05) is 13.1 Å². The van der Waals surface area contributed by atoms with Crippen LogP contribution in [0.3, 0.4) is 0 Å². The van der Waals surface area contributed by atoms with Crippen molar-refractivity contribution in [2.45, 2.75) is 51.0 Å². The van der Waals surface area contributed by atoms with Crippen LogP contribution in [0.1, 0.15) is 45.1 Å². The topological polar surface area (TPSA) is 41.1 Å². The predicted molar refractivity (Wildman–Crippen MR) is 90.0 cm³/mol. The van der Waals surface area contributed by atoms with E-state index in [9.17, 15) is 4.79 Å². The molecule has 3 nitrogen and oxygen atoms in total. The SMILES string of the molecule is CCC(CC)(C(=O)N[C@H]1CCCNC1)c1ccccc1.Cl. The Morgan fingerprint density at radius 2 is 1.95 bits per heavy atom. The number of hydrogen-bond acceptors (Lipinski definition) is 2. The molecule has 1 atom stereocenters. The van der Waals surface area contributed by atoms with E-state index in [1.165, 1.54) is 0 Å². The van der Waals surface area contributed by atoms with Gasteiger partial charge in [0.25, 0.3) is 0 Å². The van der Waals surface area contributed by atoms with Gasteiger partial charge in [-0.2, -0.15) is 0 Å². The second kappa shape index (κ2) is 8.40. The van der Waals surface area contributed by atoms with Crippen LogP contribution < -0.4 is 10.6 Å². The highest BCUT2D eigenvalue weighted by Crippen LogP contribution is 2.32. The van der Waals surface area contributed by atoms with Gasteiger partial charge in [0.05, 0.1) is 5.41 Å². The summed E-state index contributed by atoms with van der Waals surface area (Å²) in [6.07, 6.45) is 3.89. The maximum atomic E-state index is 12.9. The Balaban J connectivity index is 0.00000220. The van der Waals surface area contributed by atoms with E-state index >= 15 is 0 Å². The second-order valence-corrected chi connectivity index (χ2v) is 5.67. The number of rotatable bonds is 5. The summed E-state index contributed by atoms with van der Waals surface area (Å²) in [5.74, 6) is 0.183. The van der Waals surface area contributed by atoms with E-state index in [1.807, 2.05) is 18.2 Å². The van der Waals surface area contributed by atoms with E-state index < -0.39 is 5.41 Å². The van der Waals surface area contributed by atoms with Gasteiger partial charge in [-0.25, -0.2) is 0 Å². The van der Waals surface area contributed by atoms with Crippen molar-refractivity contribution in [2.24, 2.45) is 0 Å². The number of carbonyl (C=O) groups is 1. The van der Waals surface area contributed by atoms with Crippen LogP contribution in [0, 0.1) is 0 Å². The Morgan fingerprint density at radius 3 is 2.48 bits per heavy atom. The van der Waals surface area contributed by atoms with Crippen LogP contribution in [0.15, 0.2) is 30.3 Å². The van der Waals surface area contributed by atoms with Gasteiger partial charge < -0.3 is 10.6 Å². The van der Waals surface area contributed by atoms with E-state index in [4.69, 9.17) is 0 Å². The van der Waals surface area contributed by atoms with Crippen molar-refractivity contribution in [1.29, 1.82) is 0 Å². The molecule has 1 amide bonds. The molecule has 4 heteroatoms. The molecule has 0 aromatic heterocycles. The molecule has 0 radical (unpaired) electrons. The zero-order chi connectivity index (χ0) is 14.4. The fraction of sp³-hybridized carbons (Fsp3) is 0.588. The minimum absolute atomic E-state index is 0. The van der Waals surface area contributed by atoms with Gasteiger partial charge in [0.1, 0.15) is 0 Å². The van der Waals surface area contributed by atoms with Gasteiger partial charge in [0, 0.05) is 12.6 Å². The molecular formula is C17H27ClN2O. The van der Waals surface area contributed by atoms with Gasteiger partial charge >= 0.3 is 0 Å². The first-order chi connectivity index (χ1) is 9.73. The smallest absolute Gasteiger partial charge is 0.230 e. The largest absolute Gasteiger partial charge is 0.351 e. The van der Waals surface area contributed by atoms with Crippen molar-refractivity contribution in [1.82, 2.24) is 10.6 Å². The summed E-state index contributed by atoms with van der Waals surface area (Å²) in [5.41, 5.74) is 0.741.